The molecule has 1 aliphatic heterocycles. The van der Waals surface area contributed by atoms with E-state index in [0.29, 0.717) is 6.04 Å². The van der Waals surface area contributed by atoms with Gasteiger partial charge in [-0.1, -0.05) is 12.1 Å². The molecule has 0 aliphatic carbocycles. The number of guanidine groups is 1. The zero-order valence-corrected chi connectivity index (χ0v) is 13.2. The zero-order chi connectivity index (χ0) is 15.1. The third kappa shape index (κ3) is 4.63. The molecule has 2 rings (SSSR count). The van der Waals surface area contributed by atoms with Crippen molar-refractivity contribution in [2.45, 2.75) is 25.4 Å². The number of ether oxygens (including phenoxy) is 1. The summed E-state index contributed by atoms with van der Waals surface area (Å²) in [6, 6.07) is 8.68. The normalized spacial score (nSPS) is 19.6. The van der Waals surface area contributed by atoms with Crippen LogP contribution in [0.5, 0.6) is 5.75 Å². The Bertz CT molecular complexity index is 458. The Morgan fingerprint density at radius 1 is 1.33 bits per heavy atom. The van der Waals surface area contributed by atoms with E-state index in [0.717, 1.165) is 24.8 Å². The summed E-state index contributed by atoms with van der Waals surface area (Å²) in [6.07, 6.45) is 2.56. The number of likely N-dealkylation sites (tertiary alicyclic amines) is 1. The molecule has 1 aromatic rings. The molecule has 1 fully saturated rings. The van der Waals surface area contributed by atoms with E-state index in [1.165, 1.54) is 24.9 Å². The summed E-state index contributed by atoms with van der Waals surface area (Å²) >= 11 is 0. The largest absolute Gasteiger partial charge is 0.497 e. The van der Waals surface area contributed by atoms with E-state index in [2.05, 4.69) is 39.7 Å². The van der Waals surface area contributed by atoms with Gasteiger partial charge in [-0.2, -0.15) is 0 Å². The molecule has 116 valence electrons. The molecule has 1 atom stereocenters. The van der Waals surface area contributed by atoms with E-state index in [1.807, 2.05) is 19.2 Å². The molecule has 0 spiro atoms. The molecular weight excluding hydrogens is 264 g/mol. The predicted octanol–water partition coefficient (Wildman–Crippen LogP) is 1.45. The number of nitrogens with zero attached hydrogens (tertiary/aromatic N) is 2. The highest BCUT2D eigenvalue weighted by Crippen LogP contribution is 2.13. The lowest BCUT2D eigenvalue weighted by atomic mass is 10.2. The number of nitrogens with one attached hydrogen (secondary N) is 2. The third-order valence-electron chi connectivity index (χ3n) is 4.02. The van der Waals surface area contributed by atoms with Crippen LogP contribution in [0.25, 0.3) is 0 Å². The van der Waals surface area contributed by atoms with Gasteiger partial charge in [-0.05, 0) is 44.1 Å². The maximum Gasteiger partial charge on any atom is 0.191 e. The topological polar surface area (TPSA) is 48.9 Å². The first-order chi connectivity index (χ1) is 10.2. The Balaban J connectivity index is 1.76. The second-order valence-electron chi connectivity index (χ2n) is 5.43. The van der Waals surface area contributed by atoms with Crippen LogP contribution in [0.15, 0.2) is 29.3 Å². The first-order valence-corrected chi connectivity index (χ1v) is 7.50. The molecule has 0 saturated carbocycles. The molecule has 1 unspecified atom stereocenters. The predicted molar refractivity (Wildman–Crippen MR) is 86.8 cm³/mol. The fourth-order valence-electron chi connectivity index (χ4n) is 2.60. The van der Waals surface area contributed by atoms with Crippen LogP contribution in [0, 0.1) is 0 Å². The molecule has 1 aromatic carbocycles. The maximum absolute atomic E-state index is 5.16. The summed E-state index contributed by atoms with van der Waals surface area (Å²) in [5, 5.41) is 6.75. The minimum atomic E-state index is 0.615. The average molecular weight is 290 g/mol. The first-order valence-electron chi connectivity index (χ1n) is 7.50. The quantitative estimate of drug-likeness (QED) is 0.637. The molecule has 21 heavy (non-hydrogen) atoms. The van der Waals surface area contributed by atoms with Crippen molar-refractivity contribution >= 4 is 5.96 Å². The Morgan fingerprint density at radius 2 is 2.10 bits per heavy atom. The van der Waals surface area contributed by atoms with Gasteiger partial charge in [0.2, 0.25) is 0 Å². The lowest BCUT2D eigenvalue weighted by molar-refractivity contribution is 0.309. The van der Waals surface area contributed by atoms with Gasteiger partial charge in [-0.25, -0.2) is 0 Å². The Labute approximate surface area is 127 Å². The number of hydrogen-bond acceptors (Lipinski definition) is 3. The SMILES string of the molecule is CN=C(NCc1ccc(OC)cc1)NCC1CCCN1C. The third-order valence-corrected chi connectivity index (χ3v) is 4.02. The molecule has 1 aliphatic rings. The highest BCUT2D eigenvalue weighted by Gasteiger charge is 2.20. The second-order valence-corrected chi connectivity index (χ2v) is 5.43. The van der Waals surface area contributed by atoms with Crippen molar-refractivity contribution < 1.29 is 4.74 Å². The number of aliphatic imine (C=N–C) groups is 1. The lowest BCUT2D eigenvalue weighted by Crippen LogP contribution is -2.43. The number of benzene rings is 1. The van der Waals surface area contributed by atoms with E-state index in [1.54, 1.807) is 7.11 Å². The molecule has 5 heteroatoms. The van der Waals surface area contributed by atoms with Crippen LogP contribution in [0.3, 0.4) is 0 Å². The molecule has 5 nitrogen and oxygen atoms in total. The number of methoxy groups -OCH3 is 1. The Kier molecular flexibility index (Phi) is 5.87. The molecule has 0 aromatic heterocycles. The van der Waals surface area contributed by atoms with Gasteiger partial charge in [0.05, 0.1) is 7.11 Å². The Morgan fingerprint density at radius 3 is 2.67 bits per heavy atom. The maximum atomic E-state index is 5.16. The van der Waals surface area contributed by atoms with Crippen LogP contribution < -0.4 is 15.4 Å². The van der Waals surface area contributed by atoms with Gasteiger partial charge >= 0.3 is 0 Å². The van der Waals surface area contributed by atoms with Crippen LogP contribution in [-0.2, 0) is 6.54 Å². The van der Waals surface area contributed by atoms with Crippen LogP contribution in [-0.4, -0.2) is 51.2 Å². The number of rotatable bonds is 5. The molecular formula is C16H26N4O. The minimum Gasteiger partial charge on any atom is -0.497 e. The van der Waals surface area contributed by atoms with Gasteiger partial charge in [0.1, 0.15) is 5.75 Å². The summed E-state index contributed by atoms with van der Waals surface area (Å²) in [6.45, 7) is 2.90. The van der Waals surface area contributed by atoms with Crippen molar-refractivity contribution in [2.24, 2.45) is 4.99 Å². The van der Waals surface area contributed by atoms with Gasteiger partial charge < -0.3 is 20.3 Å². The molecule has 0 bridgehead atoms. The highest BCUT2D eigenvalue weighted by molar-refractivity contribution is 5.79. The highest BCUT2D eigenvalue weighted by atomic mass is 16.5. The smallest absolute Gasteiger partial charge is 0.191 e. The van der Waals surface area contributed by atoms with Crippen molar-refractivity contribution in [1.29, 1.82) is 0 Å². The summed E-state index contributed by atoms with van der Waals surface area (Å²) in [5.41, 5.74) is 1.21. The molecule has 1 saturated heterocycles. The van der Waals surface area contributed by atoms with E-state index < -0.39 is 0 Å². The van der Waals surface area contributed by atoms with Gasteiger partial charge in [0.15, 0.2) is 5.96 Å². The summed E-state index contributed by atoms with van der Waals surface area (Å²) in [4.78, 5) is 6.68. The molecule has 0 radical (unpaired) electrons. The van der Waals surface area contributed by atoms with Gasteiger partial charge in [-0.15, -0.1) is 0 Å². The number of hydrogen-bond donors (Lipinski definition) is 2. The van der Waals surface area contributed by atoms with Crippen LogP contribution in [0.2, 0.25) is 0 Å². The van der Waals surface area contributed by atoms with Crippen molar-refractivity contribution in [1.82, 2.24) is 15.5 Å². The molecule has 2 N–H and O–H groups in total. The van der Waals surface area contributed by atoms with E-state index >= 15 is 0 Å². The van der Waals surface area contributed by atoms with E-state index in [4.69, 9.17) is 4.74 Å². The fraction of sp³-hybridized carbons (Fsp3) is 0.562. The number of likely N-dealkylation sites (N-methyl/N-ethyl adjacent to an activating group) is 1. The van der Waals surface area contributed by atoms with E-state index in [9.17, 15) is 0 Å². The van der Waals surface area contributed by atoms with E-state index in [-0.39, 0.29) is 0 Å². The first kappa shape index (κ1) is 15.6. The van der Waals surface area contributed by atoms with Crippen molar-refractivity contribution in [3.63, 3.8) is 0 Å². The van der Waals surface area contributed by atoms with Gasteiger partial charge in [0, 0.05) is 26.2 Å². The summed E-state index contributed by atoms with van der Waals surface area (Å²) in [5.74, 6) is 1.73. The van der Waals surface area contributed by atoms with Crippen molar-refractivity contribution in [3.05, 3.63) is 29.8 Å². The summed E-state index contributed by atoms with van der Waals surface area (Å²) < 4.78 is 5.16. The minimum absolute atomic E-state index is 0.615. The molecule has 1 heterocycles. The standard InChI is InChI=1S/C16H26N4O/c1-17-16(19-12-14-5-4-10-20(14)2)18-11-13-6-8-15(21-3)9-7-13/h6-9,14H,4-5,10-12H2,1-3H3,(H2,17,18,19). The van der Waals surface area contributed by atoms with Crippen molar-refractivity contribution in [2.75, 3.05) is 34.3 Å². The monoisotopic (exact) mass is 290 g/mol. The van der Waals surface area contributed by atoms with Crippen LogP contribution >= 0.6 is 0 Å². The summed E-state index contributed by atoms with van der Waals surface area (Å²) in [7, 11) is 5.67. The van der Waals surface area contributed by atoms with Crippen LogP contribution in [0.1, 0.15) is 18.4 Å². The Hall–Kier alpha value is -1.75. The van der Waals surface area contributed by atoms with Crippen molar-refractivity contribution in [3.8, 4) is 5.75 Å². The zero-order valence-electron chi connectivity index (χ0n) is 13.2. The average Bonchev–Trinajstić information content (AvgIpc) is 2.93. The second kappa shape index (κ2) is 7.88. The van der Waals surface area contributed by atoms with Crippen LogP contribution in [0.4, 0.5) is 0 Å². The molecule has 0 amide bonds. The lowest BCUT2D eigenvalue weighted by Gasteiger charge is -2.21. The van der Waals surface area contributed by atoms with Gasteiger partial charge in [0.25, 0.3) is 0 Å². The fourth-order valence-corrected chi connectivity index (χ4v) is 2.60. The van der Waals surface area contributed by atoms with Gasteiger partial charge in [-0.3, -0.25) is 4.99 Å².